The monoisotopic (exact) mass is 283 g/mol. The molecule has 1 unspecified atom stereocenters. The van der Waals surface area contributed by atoms with Crippen molar-refractivity contribution < 1.29 is 4.74 Å². The molecule has 2 aliphatic heterocycles. The van der Waals surface area contributed by atoms with Crippen molar-refractivity contribution in [1.29, 1.82) is 0 Å². The predicted octanol–water partition coefficient (Wildman–Crippen LogP) is 1.42. The van der Waals surface area contributed by atoms with Crippen LogP contribution in [-0.4, -0.2) is 74.4 Å². The van der Waals surface area contributed by atoms with Gasteiger partial charge in [0.1, 0.15) is 0 Å². The van der Waals surface area contributed by atoms with Gasteiger partial charge in [0.25, 0.3) is 0 Å². The third kappa shape index (κ3) is 5.68. The zero-order chi connectivity index (χ0) is 14.6. The van der Waals surface area contributed by atoms with E-state index in [0.29, 0.717) is 6.10 Å². The number of hydrogen-bond donors (Lipinski definition) is 1. The molecule has 0 amide bonds. The second-order valence-electron chi connectivity index (χ2n) is 7.63. The Kier molecular flexibility index (Phi) is 5.84. The third-order valence-electron chi connectivity index (χ3n) is 4.43. The van der Waals surface area contributed by atoms with Crippen LogP contribution in [0, 0.1) is 5.92 Å². The van der Waals surface area contributed by atoms with Crippen molar-refractivity contribution in [3.8, 4) is 0 Å². The Morgan fingerprint density at radius 2 is 1.85 bits per heavy atom. The van der Waals surface area contributed by atoms with Crippen molar-refractivity contribution in [1.82, 2.24) is 15.1 Å². The van der Waals surface area contributed by atoms with E-state index in [1.807, 2.05) is 0 Å². The minimum absolute atomic E-state index is 0.248. The highest BCUT2D eigenvalue weighted by atomic mass is 16.5. The van der Waals surface area contributed by atoms with Crippen LogP contribution in [0.5, 0.6) is 0 Å². The molecule has 0 bridgehead atoms. The average molecular weight is 283 g/mol. The number of ether oxygens (including phenoxy) is 1. The summed E-state index contributed by atoms with van der Waals surface area (Å²) in [6.45, 7) is 14.6. The van der Waals surface area contributed by atoms with Crippen LogP contribution in [0.3, 0.4) is 0 Å². The lowest BCUT2D eigenvalue weighted by Gasteiger charge is -2.37. The van der Waals surface area contributed by atoms with Gasteiger partial charge in [-0.3, -0.25) is 0 Å². The zero-order valence-electron chi connectivity index (χ0n) is 13.8. The van der Waals surface area contributed by atoms with E-state index >= 15 is 0 Å². The zero-order valence-corrected chi connectivity index (χ0v) is 13.8. The normalized spacial score (nSPS) is 27.9. The van der Waals surface area contributed by atoms with Gasteiger partial charge in [0.2, 0.25) is 0 Å². The summed E-state index contributed by atoms with van der Waals surface area (Å²) in [6, 6.07) is 0. The SMILES string of the molecule is CN1CCOC(CN2CCC(CNC(C)(C)C)CC2)C1. The molecule has 0 radical (unpaired) electrons. The smallest absolute Gasteiger partial charge is 0.0829 e. The Hall–Kier alpha value is -0.160. The van der Waals surface area contributed by atoms with E-state index in [2.05, 4.69) is 42.9 Å². The molecule has 1 atom stereocenters. The molecule has 4 nitrogen and oxygen atoms in total. The molecule has 0 spiro atoms. The molecule has 0 aromatic rings. The molecule has 0 aromatic carbocycles. The molecule has 2 rings (SSSR count). The molecule has 2 heterocycles. The molecule has 0 saturated carbocycles. The number of likely N-dealkylation sites (tertiary alicyclic amines) is 1. The van der Waals surface area contributed by atoms with Crippen LogP contribution in [-0.2, 0) is 4.74 Å². The van der Waals surface area contributed by atoms with Crippen molar-refractivity contribution in [2.75, 3.05) is 52.9 Å². The molecule has 2 aliphatic rings. The van der Waals surface area contributed by atoms with Crippen LogP contribution in [0.15, 0.2) is 0 Å². The number of likely N-dealkylation sites (N-methyl/N-ethyl adjacent to an activating group) is 1. The van der Waals surface area contributed by atoms with Crippen molar-refractivity contribution >= 4 is 0 Å². The van der Waals surface area contributed by atoms with Crippen LogP contribution in [0.4, 0.5) is 0 Å². The van der Waals surface area contributed by atoms with Crippen LogP contribution < -0.4 is 5.32 Å². The number of morpholine rings is 1. The number of hydrogen-bond acceptors (Lipinski definition) is 4. The Labute approximate surface area is 124 Å². The minimum atomic E-state index is 0.248. The first-order chi connectivity index (χ1) is 9.42. The highest BCUT2D eigenvalue weighted by Crippen LogP contribution is 2.18. The molecule has 20 heavy (non-hydrogen) atoms. The first kappa shape index (κ1) is 16.2. The maximum Gasteiger partial charge on any atom is 0.0829 e. The number of piperidine rings is 1. The maximum absolute atomic E-state index is 5.87. The van der Waals surface area contributed by atoms with Gasteiger partial charge in [0.05, 0.1) is 12.7 Å². The Morgan fingerprint density at radius 3 is 2.45 bits per heavy atom. The van der Waals surface area contributed by atoms with Crippen molar-refractivity contribution in [2.45, 2.75) is 45.3 Å². The molecule has 0 aliphatic carbocycles. The summed E-state index contributed by atoms with van der Waals surface area (Å²) in [5.74, 6) is 0.848. The van der Waals surface area contributed by atoms with Crippen molar-refractivity contribution in [3.63, 3.8) is 0 Å². The summed E-state index contributed by atoms with van der Waals surface area (Å²) in [6.07, 6.45) is 3.06. The van der Waals surface area contributed by atoms with Crippen molar-refractivity contribution in [3.05, 3.63) is 0 Å². The lowest BCUT2D eigenvalue weighted by Crippen LogP contribution is -2.48. The predicted molar refractivity (Wildman–Crippen MR) is 84.2 cm³/mol. The third-order valence-corrected chi connectivity index (χ3v) is 4.43. The highest BCUT2D eigenvalue weighted by molar-refractivity contribution is 4.80. The molecule has 2 fully saturated rings. The van der Waals surface area contributed by atoms with Gasteiger partial charge in [0, 0.05) is 25.2 Å². The lowest BCUT2D eigenvalue weighted by molar-refractivity contribution is -0.0393. The first-order valence-corrected chi connectivity index (χ1v) is 8.20. The minimum Gasteiger partial charge on any atom is -0.374 e. The van der Waals surface area contributed by atoms with Crippen LogP contribution >= 0.6 is 0 Å². The van der Waals surface area contributed by atoms with Gasteiger partial charge in [-0.2, -0.15) is 0 Å². The highest BCUT2D eigenvalue weighted by Gasteiger charge is 2.25. The van der Waals surface area contributed by atoms with Gasteiger partial charge in [0.15, 0.2) is 0 Å². The largest absolute Gasteiger partial charge is 0.374 e. The summed E-state index contributed by atoms with van der Waals surface area (Å²) < 4.78 is 5.87. The quantitative estimate of drug-likeness (QED) is 0.844. The Bertz CT molecular complexity index is 282. The fourth-order valence-corrected chi connectivity index (χ4v) is 3.09. The van der Waals surface area contributed by atoms with E-state index in [1.165, 1.54) is 32.5 Å². The molecular weight excluding hydrogens is 250 g/mol. The molecular formula is C16H33N3O. The number of nitrogens with one attached hydrogen (secondary N) is 1. The van der Waals surface area contributed by atoms with E-state index in [0.717, 1.165) is 32.2 Å². The average Bonchev–Trinajstić information content (AvgIpc) is 2.37. The van der Waals surface area contributed by atoms with Crippen molar-refractivity contribution in [2.24, 2.45) is 5.92 Å². The molecule has 2 saturated heterocycles. The standard InChI is InChI=1S/C16H33N3O/c1-16(2,3)17-11-14-5-7-19(8-6-14)13-15-12-18(4)9-10-20-15/h14-15,17H,5-13H2,1-4H3. The van der Waals surface area contributed by atoms with Gasteiger partial charge in [-0.25, -0.2) is 0 Å². The Morgan fingerprint density at radius 1 is 1.15 bits per heavy atom. The van der Waals surface area contributed by atoms with Gasteiger partial charge < -0.3 is 19.9 Å². The second kappa shape index (κ2) is 7.21. The van der Waals surface area contributed by atoms with Gasteiger partial charge in [-0.05, 0) is 66.2 Å². The summed E-state index contributed by atoms with van der Waals surface area (Å²) >= 11 is 0. The molecule has 118 valence electrons. The van der Waals surface area contributed by atoms with E-state index in [4.69, 9.17) is 4.74 Å². The molecule has 1 N–H and O–H groups in total. The fraction of sp³-hybridized carbons (Fsp3) is 1.00. The van der Waals surface area contributed by atoms with Gasteiger partial charge in [-0.1, -0.05) is 0 Å². The van der Waals surface area contributed by atoms with Gasteiger partial charge in [-0.15, -0.1) is 0 Å². The second-order valence-corrected chi connectivity index (χ2v) is 7.63. The van der Waals surface area contributed by atoms with Crippen LogP contribution in [0.2, 0.25) is 0 Å². The maximum atomic E-state index is 5.87. The summed E-state index contributed by atoms with van der Waals surface area (Å²) in [7, 11) is 2.19. The van der Waals surface area contributed by atoms with Crippen LogP contribution in [0.1, 0.15) is 33.6 Å². The summed E-state index contributed by atoms with van der Waals surface area (Å²) in [5, 5.41) is 3.64. The Balaban J connectivity index is 1.64. The van der Waals surface area contributed by atoms with E-state index < -0.39 is 0 Å². The van der Waals surface area contributed by atoms with E-state index in [-0.39, 0.29) is 5.54 Å². The van der Waals surface area contributed by atoms with Crippen LogP contribution in [0.25, 0.3) is 0 Å². The summed E-state index contributed by atoms with van der Waals surface area (Å²) in [5.41, 5.74) is 0.248. The van der Waals surface area contributed by atoms with E-state index in [1.54, 1.807) is 0 Å². The van der Waals surface area contributed by atoms with Gasteiger partial charge >= 0.3 is 0 Å². The lowest BCUT2D eigenvalue weighted by atomic mass is 9.95. The van der Waals surface area contributed by atoms with E-state index in [9.17, 15) is 0 Å². The molecule has 4 heteroatoms. The number of rotatable bonds is 4. The topological polar surface area (TPSA) is 27.7 Å². The number of nitrogens with zero attached hydrogens (tertiary/aromatic N) is 2. The summed E-state index contributed by atoms with van der Waals surface area (Å²) in [4.78, 5) is 4.98. The first-order valence-electron chi connectivity index (χ1n) is 8.20. The fourth-order valence-electron chi connectivity index (χ4n) is 3.09. The molecule has 0 aromatic heterocycles.